The maximum absolute atomic E-state index is 13.4. The van der Waals surface area contributed by atoms with E-state index < -0.39 is 58.8 Å². The van der Waals surface area contributed by atoms with Crippen LogP contribution in [0.3, 0.4) is 0 Å². The summed E-state index contributed by atoms with van der Waals surface area (Å²) in [5.74, 6) is -1.49. The number of hydrogen-bond acceptors (Lipinski definition) is 9. The Bertz CT molecular complexity index is 1220. The summed E-state index contributed by atoms with van der Waals surface area (Å²) >= 11 is 7.26. The molecular formula is C25H31ClN4O9S. The van der Waals surface area contributed by atoms with Crippen molar-refractivity contribution >= 4 is 59.2 Å². The minimum Gasteiger partial charge on any atom is -0.449 e. The lowest BCUT2D eigenvalue weighted by Gasteiger charge is -2.48. The maximum atomic E-state index is 13.4. The third kappa shape index (κ3) is 7.94. The number of carbonyl (C=O) groups excluding carboxylic acids is 4. The molecular weight excluding hydrogens is 568 g/mol. The van der Waals surface area contributed by atoms with Crippen LogP contribution in [0.15, 0.2) is 35.2 Å². The number of β-lactam (4-membered cyclic amide) rings is 1. The monoisotopic (exact) mass is 598 g/mol. The normalized spacial score (nSPS) is 19.5. The van der Waals surface area contributed by atoms with Crippen LogP contribution in [-0.4, -0.2) is 68.5 Å². The molecule has 4 amide bonds. The van der Waals surface area contributed by atoms with Crippen LogP contribution in [0.2, 0.25) is 0 Å². The maximum Gasteiger partial charge on any atom is 0.512 e. The number of ether oxygens (including phenoxy) is 3. The summed E-state index contributed by atoms with van der Waals surface area (Å²) in [6.07, 6.45) is -3.17. The van der Waals surface area contributed by atoms with Gasteiger partial charge < -0.3 is 30.0 Å². The first-order chi connectivity index (χ1) is 18.4. The van der Waals surface area contributed by atoms with Crippen LogP contribution in [0.5, 0.6) is 0 Å². The Morgan fingerprint density at radius 1 is 1.02 bits per heavy atom. The van der Waals surface area contributed by atoms with Crippen LogP contribution in [0.4, 0.5) is 20.1 Å². The van der Waals surface area contributed by atoms with E-state index in [1.807, 2.05) is 0 Å². The lowest BCUT2D eigenvalue weighted by atomic mass is 10.0. The highest BCUT2D eigenvalue weighted by atomic mass is 35.5. The van der Waals surface area contributed by atoms with Crippen molar-refractivity contribution in [3.05, 3.63) is 40.7 Å². The van der Waals surface area contributed by atoms with Gasteiger partial charge in [-0.15, -0.1) is 11.8 Å². The predicted octanol–water partition coefficient (Wildman–Crippen LogP) is 4.10. The Hall–Kier alpha value is -3.65. The fourth-order valence-electron chi connectivity index (χ4n) is 3.66. The number of alkyl carbamates (subject to hydrolysis) is 1. The zero-order valence-corrected chi connectivity index (χ0v) is 24.3. The Balaban J connectivity index is 1.78. The molecule has 3 atom stereocenters. The van der Waals surface area contributed by atoms with Gasteiger partial charge in [-0.3, -0.25) is 19.8 Å². The SMILES string of the molecule is CC(C)(C)OC(=O)Nc1ccc(C(NC(=O)OC(C)(C)C)C(=O)NC2C(=O)N3C(OC(=O)O)=C(Cl)CS[C@@H]23)cc1. The third-order valence-electron chi connectivity index (χ3n) is 5.17. The van der Waals surface area contributed by atoms with Gasteiger partial charge in [0.25, 0.3) is 5.91 Å². The molecule has 1 fully saturated rings. The van der Waals surface area contributed by atoms with Crippen LogP contribution in [-0.2, 0) is 23.8 Å². The summed E-state index contributed by atoms with van der Waals surface area (Å²) in [6, 6.07) is 3.75. The van der Waals surface area contributed by atoms with Crippen LogP contribution in [0.1, 0.15) is 53.1 Å². The zero-order valence-electron chi connectivity index (χ0n) is 22.7. The number of fused-ring (bicyclic) bond motifs is 1. The Labute approximate surface area is 239 Å². The molecule has 2 unspecified atom stereocenters. The smallest absolute Gasteiger partial charge is 0.449 e. The molecule has 15 heteroatoms. The molecule has 0 aromatic heterocycles. The molecule has 13 nitrogen and oxygen atoms in total. The topological polar surface area (TPSA) is 173 Å². The number of anilines is 1. The number of thioether (sulfide) groups is 1. The van der Waals surface area contributed by atoms with Crippen molar-refractivity contribution in [1.82, 2.24) is 15.5 Å². The van der Waals surface area contributed by atoms with Crippen LogP contribution >= 0.6 is 23.4 Å². The Kier molecular flexibility index (Phi) is 9.14. The van der Waals surface area contributed by atoms with E-state index in [0.717, 1.165) is 4.90 Å². The minimum atomic E-state index is -1.63. The number of benzene rings is 1. The number of hydrogen-bond donors (Lipinski definition) is 4. The van der Waals surface area contributed by atoms with E-state index in [-0.39, 0.29) is 16.7 Å². The summed E-state index contributed by atoms with van der Waals surface area (Å²) in [5.41, 5.74) is -0.831. The third-order valence-corrected chi connectivity index (χ3v) is 6.90. The molecule has 1 saturated heterocycles. The molecule has 3 rings (SSSR count). The van der Waals surface area contributed by atoms with Gasteiger partial charge in [-0.05, 0) is 59.2 Å². The highest BCUT2D eigenvalue weighted by Gasteiger charge is 2.54. The highest BCUT2D eigenvalue weighted by molar-refractivity contribution is 8.00. The first-order valence-electron chi connectivity index (χ1n) is 12.1. The summed E-state index contributed by atoms with van der Waals surface area (Å²) in [7, 11) is 0. The van der Waals surface area contributed by atoms with Crippen molar-refractivity contribution in [2.75, 3.05) is 11.1 Å². The molecule has 2 aliphatic rings. The number of rotatable bonds is 6. The first kappa shape index (κ1) is 30.9. The van der Waals surface area contributed by atoms with Crippen molar-refractivity contribution < 1.29 is 43.3 Å². The molecule has 1 aromatic rings. The van der Waals surface area contributed by atoms with E-state index in [9.17, 15) is 24.0 Å². The fraction of sp³-hybridized carbons (Fsp3) is 0.480. The quantitative estimate of drug-likeness (QED) is 0.212. The van der Waals surface area contributed by atoms with Gasteiger partial charge >= 0.3 is 18.3 Å². The molecule has 0 saturated carbocycles. The molecule has 1 aromatic carbocycles. The summed E-state index contributed by atoms with van der Waals surface area (Å²) in [6.45, 7) is 10.2. The van der Waals surface area contributed by atoms with Crippen LogP contribution in [0, 0.1) is 0 Å². The van der Waals surface area contributed by atoms with Gasteiger partial charge in [-0.1, -0.05) is 23.7 Å². The van der Waals surface area contributed by atoms with Gasteiger partial charge in [-0.25, -0.2) is 14.4 Å². The van der Waals surface area contributed by atoms with E-state index in [2.05, 4.69) is 20.7 Å². The summed E-state index contributed by atoms with van der Waals surface area (Å²) < 4.78 is 15.2. The highest BCUT2D eigenvalue weighted by Crippen LogP contribution is 2.41. The molecule has 0 bridgehead atoms. The molecule has 0 spiro atoms. The van der Waals surface area contributed by atoms with Gasteiger partial charge in [0, 0.05) is 11.4 Å². The molecule has 0 aliphatic carbocycles. The van der Waals surface area contributed by atoms with Crippen molar-refractivity contribution in [3.63, 3.8) is 0 Å². The predicted molar refractivity (Wildman–Crippen MR) is 145 cm³/mol. The second kappa shape index (κ2) is 11.8. The number of nitrogens with one attached hydrogen (secondary N) is 3. The average molecular weight is 599 g/mol. The number of amides is 4. The standard InChI is InChI=1S/C25H31ClN4O9S/c1-24(2,3)38-21(33)27-13-9-7-12(8-10-13)15(29-22(34)39-25(4,5)6)17(31)28-16-18(32)30-19(37-23(35)36)14(26)11-40-20(16)30/h7-10,15-16,20H,11H2,1-6H3,(H,27,33)(H,28,31)(H,29,34)(H,35,36)/t15?,16?,20-/m0/s1. The van der Waals surface area contributed by atoms with Crippen molar-refractivity contribution in [3.8, 4) is 0 Å². The first-order valence-corrected chi connectivity index (χ1v) is 13.5. The summed E-state index contributed by atoms with van der Waals surface area (Å²) in [4.78, 5) is 63.0. The second-order valence-electron chi connectivity index (χ2n) is 10.8. The van der Waals surface area contributed by atoms with Gasteiger partial charge in [-0.2, -0.15) is 0 Å². The molecule has 40 heavy (non-hydrogen) atoms. The lowest BCUT2D eigenvalue weighted by Crippen LogP contribution is -2.70. The van der Waals surface area contributed by atoms with E-state index in [0.29, 0.717) is 11.3 Å². The number of carboxylic acid groups (broad SMARTS) is 1. The largest absolute Gasteiger partial charge is 0.512 e. The summed E-state index contributed by atoms with van der Waals surface area (Å²) in [5, 5.41) is 16.1. The van der Waals surface area contributed by atoms with Gasteiger partial charge in [0.1, 0.15) is 28.7 Å². The number of nitrogens with zero attached hydrogens (tertiary/aromatic N) is 1. The van der Waals surface area contributed by atoms with Crippen LogP contribution < -0.4 is 16.0 Å². The van der Waals surface area contributed by atoms with E-state index in [1.54, 1.807) is 41.5 Å². The molecule has 4 N–H and O–H groups in total. The lowest BCUT2D eigenvalue weighted by molar-refractivity contribution is -0.149. The molecule has 0 radical (unpaired) electrons. The fourth-order valence-corrected chi connectivity index (χ4v) is 5.15. The van der Waals surface area contributed by atoms with Crippen molar-refractivity contribution in [2.24, 2.45) is 0 Å². The average Bonchev–Trinajstić information content (AvgIpc) is 2.80. The zero-order chi connectivity index (χ0) is 30.0. The molecule has 2 heterocycles. The van der Waals surface area contributed by atoms with E-state index in [1.165, 1.54) is 36.0 Å². The van der Waals surface area contributed by atoms with Crippen molar-refractivity contribution in [1.29, 1.82) is 0 Å². The Morgan fingerprint density at radius 3 is 2.15 bits per heavy atom. The molecule has 218 valence electrons. The van der Waals surface area contributed by atoms with Crippen molar-refractivity contribution in [2.45, 2.75) is 70.2 Å². The number of carbonyl (C=O) groups is 5. The minimum absolute atomic E-state index is 0.0475. The number of halogens is 1. The Morgan fingerprint density at radius 2 is 1.60 bits per heavy atom. The second-order valence-corrected chi connectivity index (χ2v) is 12.4. The van der Waals surface area contributed by atoms with Crippen LogP contribution in [0.25, 0.3) is 0 Å². The van der Waals surface area contributed by atoms with E-state index in [4.69, 9.17) is 26.2 Å². The van der Waals surface area contributed by atoms with E-state index >= 15 is 0 Å². The van der Waals surface area contributed by atoms with Gasteiger partial charge in [0.2, 0.25) is 11.8 Å². The van der Waals surface area contributed by atoms with Gasteiger partial charge in [0.05, 0.1) is 5.03 Å². The van der Waals surface area contributed by atoms with Gasteiger partial charge in [0.15, 0.2) is 0 Å². The molecule has 2 aliphatic heterocycles.